The van der Waals surface area contributed by atoms with Crippen molar-refractivity contribution in [2.75, 3.05) is 26.2 Å². The van der Waals surface area contributed by atoms with E-state index in [4.69, 9.17) is 0 Å². The van der Waals surface area contributed by atoms with Crippen LogP contribution in [-0.4, -0.2) is 59.6 Å². The maximum Gasteiger partial charge on any atom is 0.122 e. The zero-order chi connectivity index (χ0) is 14.4. The van der Waals surface area contributed by atoms with E-state index in [1.54, 1.807) is 0 Å². The number of piperazine rings is 1. The Labute approximate surface area is 128 Å². The third kappa shape index (κ3) is 2.72. The van der Waals surface area contributed by atoms with Gasteiger partial charge in [-0.3, -0.25) is 15.1 Å². The third-order valence-electron chi connectivity index (χ3n) is 6.03. The monoisotopic (exact) mass is 288 g/mol. The summed E-state index contributed by atoms with van der Waals surface area (Å²) in [6.45, 7) is 6.94. The van der Waals surface area contributed by atoms with E-state index in [1.165, 1.54) is 58.2 Å². The van der Waals surface area contributed by atoms with Gasteiger partial charge in [0.15, 0.2) is 0 Å². The minimum atomic E-state index is -0.268. The Bertz CT molecular complexity index is 437. The van der Waals surface area contributed by atoms with Gasteiger partial charge in [0, 0.05) is 37.8 Å². The molecule has 4 fully saturated rings. The van der Waals surface area contributed by atoms with Gasteiger partial charge in [-0.2, -0.15) is 5.26 Å². The first-order valence-corrected chi connectivity index (χ1v) is 8.87. The van der Waals surface area contributed by atoms with Crippen molar-refractivity contribution in [3.63, 3.8) is 0 Å². The van der Waals surface area contributed by atoms with Gasteiger partial charge in [-0.05, 0) is 57.9 Å². The van der Waals surface area contributed by atoms with Crippen molar-refractivity contribution in [2.45, 2.75) is 69.1 Å². The second-order valence-corrected chi connectivity index (χ2v) is 7.85. The molecule has 1 N–H and O–H groups in total. The van der Waals surface area contributed by atoms with Crippen LogP contribution >= 0.6 is 0 Å². The van der Waals surface area contributed by atoms with E-state index in [-0.39, 0.29) is 5.54 Å². The second-order valence-electron chi connectivity index (χ2n) is 7.85. The number of nitriles is 1. The molecule has 21 heavy (non-hydrogen) atoms. The van der Waals surface area contributed by atoms with Crippen LogP contribution in [0.4, 0.5) is 0 Å². The molecule has 3 unspecified atom stereocenters. The van der Waals surface area contributed by atoms with E-state index in [2.05, 4.69) is 28.1 Å². The number of nitrogens with one attached hydrogen (secondary N) is 1. The fraction of sp³-hybridized carbons (Fsp3) is 0.941. The molecule has 0 spiro atoms. The molecule has 0 radical (unpaired) electrons. The molecule has 0 bridgehead atoms. The number of rotatable bonds is 5. The summed E-state index contributed by atoms with van der Waals surface area (Å²) in [4.78, 5) is 5.28. The summed E-state index contributed by atoms with van der Waals surface area (Å²) >= 11 is 0. The van der Waals surface area contributed by atoms with Crippen LogP contribution in [0.25, 0.3) is 0 Å². The molecule has 3 atom stereocenters. The van der Waals surface area contributed by atoms with Crippen LogP contribution in [-0.2, 0) is 0 Å². The Morgan fingerprint density at radius 1 is 1.19 bits per heavy atom. The molecule has 0 aromatic carbocycles. The molecule has 4 aliphatic rings. The van der Waals surface area contributed by atoms with Crippen LogP contribution in [0.3, 0.4) is 0 Å². The molecule has 2 saturated heterocycles. The standard InChI is InChI=1S/C17H28N4/c1-13-9-20-8-2-3-16(20)10-21(13)12-17(11-18,14-4-5-14)19-15-6-7-15/h13-16,19H,2-10,12H2,1H3. The van der Waals surface area contributed by atoms with Crippen molar-refractivity contribution in [3.8, 4) is 6.07 Å². The van der Waals surface area contributed by atoms with Gasteiger partial charge in [-0.1, -0.05) is 0 Å². The summed E-state index contributed by atoms with van der Waals surface area (Å²) in [6, 6.07) is 4.67. The van der Waals surface area contributed by atoms with Gasteiger partial charge >= 0.3 is 0 Å². The van der Waals surface area contributed by atoms with Gasteiger partial charge in [0.1, 0.15) is 5.54 Å². The van der Waals surface area contributed by atoms with Gasteiger partial charge in [0.25, 0.3) is 0 Å². The highest BCUT2D eigenvalue weighted by molar-refractivity contribution is 5.19. The van der Waals surface area contributed by atoms with Crippen LogP contribution in [0.2, 0.25) is 0 Å². The van der Waals surface area contributed by atoms with Crippen molar-refractivity contribution in [1.29, 1.82) is 5.26 Å². The molecule has 116 valence electrons. The Balaban J connectivity index is 1.47. The second kappa shape index (κ2) is 5.22. The molecular formula is C17H28N4. The minimum Gasteiger partial charge on any atom is -0.298 e. The van der Waals surface area contributed by atoms with E-state index in [1.807, 2.05) is 0 Å². The SMILES string of the molecule is CC1CN2CCCC2CN1CC(C#N)(NC1CC1)C1CC1. The first kappa shape index (κ1) is 14.0. The van der Waals surface area contributed by atoms with E-state index < -0.39 is 0 Å². The van der Waals surface area contributed by atoms with Gasteiger partial charge in [-0.25, -0.2) is 0 Å². The summed E-state index contributed by atoms with van der Waals surface area (Å²) in [5.41, 5.74) is -0.268. The van der Waals surface area contributed by atoms with E-state index >= 15 is 0 Å². The fourth-order valence-corrected chi connectivity index (χ4v) is 4.41. The zero-order valence-electron chi connectivity index (χ0n) is 13.2. The highest BCUT2D eigenvalue weighted by Crippen LogP contribution is 2.42. The predicted molar refractivity (Wildman–Crippen MR) is 82.9 cm³/mol. The minimum absolute atomic E-state index is 0.268. The lowest BCUT2D eigenvalue weighted by Gasteiger charge is -2.45. The molecule has 4 rings (SSSR count). The Hall–Kier alpha value is -0.630. The average molecular weight is 288 g/mol. The van der Waals surface area contributed by atoms with Gasteiger partial charge in [0.05, 0.1) is 6.07 Å². The molecule has 0 aromatic heterocycles. The number of fused-ring (bicyclic) bond motifs is 1. The van der Waals surface area contributed by atoms with Gasteiger partial charge < -0.3 is 0 Å². The predicted octanol–water partition coefficient (Wildman–Crippen LogP) is 1.58. The topological polar surface area (TPSA) is 42.3 Å². The smallest absolute Gasteiger partial charge is 0.122 e. The number of hydrogen-bond donors (Lipinski definition) is 1. The summed E-state index contributed by atoms with van der Waals surface area (Å²) in [5, 5.41) is 13.6. The van der Waals surface area contributed by atoms with Gasteiger partial charge in [0.2, 0.25) is 0 Å². The molecule has 2 saturated carbocycles. The van der Waals surface area contributed by atoms with Crippen molar-refractivity contribution in [1.82, 2.24) is 15.1 Å². The van der Waals surface area contributed by atoms with Crippen LogP contribution in [0.5, 0.6) is 0 Å². The van der Waals surface area contributed by atoms with E-state index in [9.17, 15) is 5.26 Å². The summed E-state index contributed by atoms with van der Waals surface area (Å²) in [5.74, 6) is 0.594. The first-order chi connectivity index (χ1) is 10.2. The lowest BCUT2D eigenvalue weighted by Crippen LogP contribution is -2.62. The Morgan fingerprint density at radius 2 is 2.00 bits per heavy atom. The molecule has 0 amide bonds. The summed E-state index contributed by atoms with van der Waals surface area (Å²) < 4.78 is 0. The van der Waals surface area contributed by atoms with Crippen LogP contribution in [0, 0.1) is 17.2 Å². The van der Waals surface area contributed by atoms with Gasteiger partial charge in [-0.15, -0.1) is 0 Å². The lowest BCUT2D eigenvalue weighted by molar-refractivity contribution is 0.0414. The van der Waals surface area contributed by atoms with Crippen molar-refractivity contribution in [3.05, 3.63) is 0 Å². The van der Waals surface area contributed by atoms with Crippen LogP contribution in [0.1, 0.15) is 45.4 Å². The summed E-state index contributed by atoms with van der Waals surface area (Å²) in [7, 11) is 0. The van der Waals surface area contributed by atoms with E-state index in [0.717, 1.165) is 12.6 Å². The Kier molecular flexibility index (Phi) is 3.48. The first-order valence-electron chi connectivity index (χ1n) is 8.87. The van der Waals surface area contributed by atoms with E-state index in [0.29, 0.717) is 18.0 Å². The van der Waals surface area contributed by atoms with Crippen molar-refractivity contribution < 1.29 is 0 Å². The zero-order valence-corrected chi connectivity index (χ0v) is 13.2. The quantitative estimate of drug-likeness (QED) is 0.834. The molecule has 4 nitrogen and oxygen atoms in total. The number of nitrogens with zero attached hydrogens (tertiary/aromatic N) is 3. The fourth-order valence-electron chi connectivity index (χ4n) is 4.41. The maximum absolute atomic E-state index is 9.92. The Morgan fingerprint density at radius 3 is 2.67 bits per heavy atom. The normalized spacial score (nSPS) is 37.0. The molecule has 4 heteroatoms. The third-order valence-corrected chi connectivity index (χ3v) is 6.03. The van der Waals surface area contributed by atoms with Crippen molar-refractivity contribution >= 4 is 0 Å². The van der Waals surface area contributed by atoms with Crippen LogP contribution in [0.15, 0.2) is 0 Å². The maximum atomic E-state index is 9.92. The van der Waals surface area contributed by atoms with Crippen molar-refractivity contribution in [2.24, 2.45) is 5.92 Å². The largest absolute Gasteiger partial charge is 0.298 e. The highest BCUT2D eigenvalue weighted by Gasteiger charge is 2.50. The molecule has 0 aromatic rings. The molecule has 2 aliphatic carbocycles. The number of hydrogen-bond acceptors (Lipinski definition) is 4. The molecule has 2 aliphatic heterocycles. The summed E-state index contributed by atoms with van der Waals surface area (Å²) in [6.07, 6.45) is 7.72. The molecule has 2 heterocycles. The highest BCUT2D eigenvalue weighted by atomic mass is 15.3. The lowest BCUT2D eigenvalue weighted by atomic mass is 9.92. The van der Waals surface area contributed by atoms with Crippen LogP contribution < -0.4 is 5.32 Å². The average Bonchev–Trinajstić information content (AvgIpc) is 3.38. The molecular weight excluding hydrogens is 260 g/mol.